The fraction of sp³-hybridized carbons (Fsp3) is 0.417. The van der Waals surface area contributed by atoms with Gasteiger partial charge < -0.3 is 16.5 Å². The number of aromatic nitrogens is 1. The Balaban J connectivity index is 2.92. The molecule has 0 radical (unpaired) electrons. The predicted octanol–water partition coefficient (Wildman–Crippen LogP) is 0.0594. The molecular formula is C12H19N5O2. The fourth-order valence-corrected chi connectivity index (χ4v) is 1.71. The van der Waals surface area contributed by atoms with Crippen LogP contribution in [0, 0.1) is 6.92 Å². The highest BCUT2D eigenvalue weighted by atomic mass is 16.2. The number of nitrogens with one attached hydrogen (secondary N) is 2. The summed E-state index contributed by atoms with van der Waals surface area (Å²) in [6, 6.07) is 1.66. The van der Waals surface area contributed by atoms with Crippen molar-refractivity contribution in [3.05, 3.63) is 23.5 Å². The van der Waals surface area contributed by atoms with Crippen molar-refractivity contribution in [1.82, 2.24) is 10.3 Å². The minimum absolute atomic E-state index is 0.0451. The third-order valence-electron chi connectivity index (χ3n) is 2.51. The normalized spacial score (nSPS) is 10.9. The van der Waals surface area contributed by atoms with Crippen molar-refractivity contribution >= 4 is 17.5 Å². The lowest BCUT2D eigenvalue weighted by Crippen LogP contribution is -2.46. The maximum Gasteiger partial charge on any atom is 0.255 e. The van der Waals surface area contributed by atoms with Crippen molar-refractivity contribution in [2.45, 2.75) is 32.7 Å². The number of rotatable bonds is 5. The number of carbonyl (C=O) groups excluding carboxylic acids is 2. The molecule has 0 aliphatic carbocycles. The number of nitrogen functional groups attached to an aromatic ring is 1. The average Bonchev–Trinajstić information content (AvgIpc) is 2.25. The van der Waals surface area contributed by atoms with Gasteiger partial charge in [-0.05, 0) is 26.8 Å². The van der Waals surface area contributed by atoms with Crippen LogP contribution in [0.4, 0.5) is 5.69 Å². The molecule has 0 spiro atoms. The van der Waals surface area contributed by atoms with Crippen LogP contribution in [-0.2, 0) is 4.79 Å². The Labute approximate surface area is 111 Å². The molecule has 1 aromatic heterocycles. The van der Waals surface area contributed by atoms with Crippen LogP contribution in [0.5, 0.6) is 0 Å². The van der Waals surface area contributed by atoms with E-state index in [4.69, 9.17) is 11.6 Å². The summed E-state index contributed by atoms with van der Waals surface area (Å²) in [5, 5.41) is 2.72. The van der Waals surface area contributed by atoms with Gasteiger partial charge >= 0.3 is 0 Å². The predicted molar refractivity (Wildman–Crippen MR) is 72.1 cm³/mol. The third kappa shape index (κ3) is 4.22. The molecule has 7 heteroatoms. The van der Waals surface area contributed by atoms with E-state index in [-0.39, 0.29) is 12.3 Å². The van der Waals surface area contributed by atoms with Crippen molar-refractivity contribution in [2.75, 3.05) is 5.43 Å². The number of hydrazine groups is 1. The topological polar surface area (TPSA) is 123 Å². The van der Waals surface area contributed by atoms with Gasteiger partial charge in [0, 0.05) is 23.9 Å². The summed E-state index contributed by atoms with van der Waals surface area (Å²) in [5.74, 6) is 4.52. The van der Waals surface area contributed by atoms with Crippen molar-refractivity contribution < 1.29 is 9.59 Å². The fourth-order valence-electron chi connectivity index (χ4n) is 1.71. The van der Waals surface area contributed by atoms with E-state index in [2.05, 4.69) is 15.7 Å². The Morgan fingerprint density at radius 3 is 2.58 bits per heavy atom. The molecule has 0 aromatic carbocycles. The summed E-state index contributed by atoms with van der Waals surface area (Å²) in [6.07, 6.45) is 1.48. The van der Waals surface area contributed by atoms with Crippen molar-refractivity contribution in [3.63, 3.8) is 0 Å². The second-order valence-electron chi connectivity index (χ2n) is 5.00. The summed E-state index contributed by atoms with van der Waals surface area (Å²) >= 11 is 0. The quantitative estimate of drug-likeness (QED) is 0.443. The molecule has 7 nitrogen and oxygen atoms in total. The van der Waals surface area contributed by atoms with Gasteiger partial charge in [-0.15, -0.1) is 0 Å². The first-order valence-corrected chi connectivity index (χ1v) is 5.79. The maximum absolute atomic E-state index is 12.1. The number of nitrogens with two attached hydrogens (primary N) is 2. The SMILES string of the molecule is Cc1cc(NN)c(C(=O)NC(C)(C)CC(N)=O)cn1. The molecule has 1 heterocycles. The van der Waals surface area contributed by atoms with Crippen molar-refractivity contribution in [2.24, 2.45) is 11.6 Å². The van der Waals surface area contributed by atoms with Gasteiger partial charge in [0.1, 0.15) is 0 Å². The van der Waals surface area contributed by atoms with E-state index >= 15 is 0 Å². The first-order valence-electron chi connectivity index (χ1n) is 5.79. The van der Waals surface area contributed by atoms with E-state index < -0.39 is 11.4 Å². The zero-order valence-corrected chi connectivity index (χ0v) is 11.3. The molecule has 1 aromatic rings. The first-order chi connectivity index (χ1) is 8.75. The second kappa shape index (κ2) is 5.66. The molecule has 0 bridgehead atoms. The number of hydrogen-bond acceptors (Lipinski definition) is 5. The molecule has 104 valence electrons. The summed E-state index contributed by atoms with van der Waals surface area (Å²) in [6.45, 7) is 5.22. The van der Waals surface area contributed by atoms with Crippen molar-refractivity contribution in [3.8, 4) is 0 Å². The molecule has 6 N–H and O–H groups in total. The molecule has 0 saturated heterocycles. The molecule has 0 aliphatic rings. The Kier molecular flexibility index (Phi) is 4.44. The van der Waals surface area contributed by atoms with Crippen LogP contribution >= 0.6 is 0 Å². The van der Waals surface area contributed by atoms with Crippen LogP contribution in [0.2, 0.25) is 0 Å². The lowest BCUT2D eigenvalue weighted by atomic mass is 9.99. The second-order valence-corrected chi connectivity index (χ2v) is 5.00. The zero-order valence-electron chi connectivity index (χ0n) is 11.3. The third-order valence-corrected chi connectivity index (χ3v) is 2.51. The largest absolute Gasteiger partial charge is 0.370 e. The Hall–Kier alpha value is -2.15. The smallest absolute Gasteiger partial charge is 0.255 e. The molecule has 0 atom stereocenters. The highest BCUT2D eigenvalue weighted by Crippen LogP contribution is 2.16. The maximum atomic E-state index is 12.1. The summed E-state index contributed by atoms with van der Waals surface area (Å²) < 4.78 is 0. The molecule has 0 unspecified atom stereocenters. The number of carbonyl (C=O) groups is 2. The zero-order chi connectivity index (χ0) is 14.6. The summed E-state index contributed by atoms with van der Waals surface area (Å²) in [5.41, 5.74) is 8.37. The Morgan fingerprint density at radius 2 is 2.05 bits per heavy atom. The van der Waals surface area contributed by atoms with Gasteiger partial charge in [-0.3, -0.25) is 20.4 Å². The standard InChI is InChI=1S/C12H19N5O2/c1-7-4-9(17-14)8(6-15-7)11(19)16-12(2,3)5-10(13)18/h4,6H,5,14H2,1-3H3,(H2,13,18)(H,15,17)(H,16,19). The lowest BCUT2D eigenvalue weighted by molar-refractivity contribution is -0.119. The number of amides is 2. The number of anilines is 1. The van der Waals surface area contributed by atoms with Crippen LogP contribution in [-0.4, -0.2) is 22.3 Å². The minimum atomic E-state index is -0.736. The summed E-state index contributed by atoms with van der Waals surface area (Å²) in [4.78, 5) is 27.1. The van der Waals surface area contributed by atoms with Crippen LogP contribution in [0.25, 0.3) is 0 Å². The van der Waals surface area contributed by atoms with Crippen LogP contribution < -0.4 is 22.3 Å². The van der Waals surface area contributed by atoms with Gasteiger partial charge in [0.05, 0.1) is 11.3 Å². The number of pyridine rings is 1. The van der Waals surface area contributed by atoms with Gasteiger partial charge in [0.2, 0.25) is 5.91 Å². The van der Waals surface area contributed by atoms with Gasteiger partial charge in [0.15, 0.2) is 0 Å². The molecule has 0 fully saturated rings. The number of primary amides is 1. The molecule has 2 amide bonds. The molecule has 0 aliphatic heterocycles. The summed E-state index contributed by atoms with van der Waals surface area (Å²) in [7, 11) is 0. The van der Waals surface area contributed by atoms with E-state index in [1.165, 1.54) is 6.20 Å². The van der Waals surface area contributed by atoms with E-state index in [0.717, 1.165) is 5.69 Å². The van der Waals surface area contributed by atoms with Gasteiger partial charge in [-0.25, -0.2) is 0 Å². The van der Waals surface area contributed by atoms with Gasteiger partial charge in [-0.1, -0.05) is 0 Å². The highest BCUT2D eigenvalue weighted by Gasteiger charge is 2.24. The lowest BCUT2D eigenvalue weighted by Gasteiger charge is -2.25. The van der Waals surface area contributed by atoms with E-state index in [0.29, 0.717) is 11.3 Å². The molecule has 19 heavy (non-hydrogen) atoms. The highest BCUT2D eigenvalue weighted by molar-refractivity contribution is 5.99. The van der Waals surface area contributed by atoms with E-state index in [1.807, 2.05) is 0 Å². The van der Waals surface area contributed by atoms with Crippen LogP contribution in [0.15, 0.2) is 12.3 Å². The number of hydrogen-bond donors (Lipinski definition) is 4. The minimum Gasteiger partial charge on any atom is -0.370 e. The van der Waals surface area contributed by atoms with Gasteiger partial charge in [0.25, 0.3) is 5.91 Å². The van der Waals surface area contributed by atoms with E-state index in [9.17, 15) is 9.59 Å². The van der Waals surface area contributed by atoms with Crippen LogP contribution in [0.1, 0.15) is 36.3 Å². The number of nitrogens with zero attached hydrogens (tertiary/aromatic N) is 1. The average molecular weight is 265 g/mol. The number of aryl methyl sites for hydroxylation is 1. The Bertz CT molecular complexity index is 499. The molecule has 0 saturated carbocycles. The van der Waals surface area contributed by atoms with E-state index in [1.54, 1.807) is 26.8 Å². The monoisotopic (exact) mass is 265 g/mol. The Morgan fingerprint density at radius 1 is 1.42 bits per heavy atom. The van der Waals surface area contributed by atoms with Gasteiger partial charge in [-0.2, -0.15) is 0 Å². The van der Waals surface area contributed by atoms with Crippen LogP contribution in [0.3, 0.4) is 0 Å². The molecular weight excluding hydrogens is 246 g/mol. The van der Waals surface area contributed by atoms with Crippen molar-refractivity contribution in [1.29, 1.82) is 0 Å². The first kappa shape index (κ1) is 14.9. The molecule has 1 rings (SSSR count).